The van der Waals surface area contributed by atoms with Crippen LogP contribution >= 0.6 is 24.0 Å². The van der Waals surface area contributed by atoms with E-state index in [9.17, 15) is 19.5 Å². The van der Waals surface area contributed by atoms with Crippen molar-refractivity contribution in [2.75, 3.05) is 11.4 Å². The number of carbonyl (C=O) groups excluding carboxylic acids is 3. The van der Waals surface area contributed by atoms with E-state index in [-0.39, 0.29) is 20.7 Å². The predicted molar refractivity (Wildman–Crippen MR) is 97.5 cm³/mol. The number of carboxylic acids is 1. The molecule has 2 aliphatic rings. The van der Waals surface area contributed by atoms with Crippen LogP contribution in [0.2, 0.25) is 0 Å². The van der Waals surface area contributed by atoms with Crippen molar-refractivity contribution in [2.24, 2.45) is 0 Å². The first-order valence-corrected chi connectivity index (χ1v) is 9.02. The first kappa shape index (κ1) is 17.6. The number of benzene rings is 1. The van der Waals surface area contributed by atoms with Crippen LogP contribution in [-0.4, -0.2) is 39.6 Å². The molecule has 1 saturated heterocycles. The van der Waals surface area contributed by atoms with E-state index in [1.54, 1.807) is 17.0 Å². The molecule has 0 N–H and O–H groups in total. The van der Waals surface area contributed by atoms with Gasteiger partial charge in [0.2, 0.25) is 0 Å². The van der Waals surface area contributed by atoms with E-state index < -0.39 is 17.9 Å². The minimum absolute atomic E-state index is 0.114. The molecule has 2 heterocycles. The predicted octanol–water partition coefficient (Wildman–Crippen LogP) is 1.15. The van der Waals surface area contributed by atoms with Crippen molar-refractivity contribution in [3.8, 4) is 0 Å². The summed E-state index contributed by atoms with van der Waals surface area (Å²) in [5.41, 5.74) is 1.71. The number of thiocarbonyl (C=S) groups is 1. The van der Waals surface area contributed by atoms with Gasteiger partial charge in [0.1, 0.15) is 4.32 Å². The van der Waals surface area contributed by atoms with Gasteiger partial charge in [-0.2, -0.15) is 0 Å². The number of nitrogens with zero attached hydrogens (tertiary/aromatic N) is 2. The second kappa shape index (κ2) is 6.61. The first-order chi connectivity index (χ1) is 11.9. The lowest BCUT2D eigenvalue weighted by Crippen LogP contribution is -2.48. The van der Waals surface area contributed by atoms with Crippen molar-refractivity contribution in [1.82, 2.24) is 4.90 Å². The smallest absolute Gasteiger partial charge is 0.267 e. The fourth-order valence-electron chi connectivity index (χ4n) is 2.91. The molecule has 1 fully saturated rings. The molecule has 0 radical (unpaired) electrons. The molecule has 130 valence electrons. The Balaban J connectivity index is 2.12. The third-order valence-electron chi connectivity index (χ3n) is 4.12. The fourth-order valence-corrected chi connectivity index (χ4v) is 4.40. The SMILES string of the molecule is CCCN1C(=O)/C(=C2/SC(=S)N([C@@H](C)C(=O)[O-])C2=O)c2ccccc21. The maximum atomic E-state index is 12.9. The van der Waals surface area contributed by atoms with Crippen molar-refractivity contribution >= 4 is 57.3 Å². The highest BCUT2D eigenvalue weighted by molar-refractivity contribution is 8.26. The fraction of sp³-hybridized carbons (Fsp3) is 0.294. The van der Waals surface area contributed by atoms with Crippen molar-refractivity contribution in [2.45, 2.75) is 26.3 Å². The summed E-state index contributed by atoms with van der Waals surface area (Å²) in [6, 6.07) is 6.06. The van der Waals surface area contributed by atoms with E-state index >= 15 is 0 Å². The highest BCUT2D eigenvalue weighted by atomic mass is 32.2. The van der Waals surface area contributed by atoms with Gasteiger partial charge in [0.15, 0.2) is 0 Å². The van der Waals surface area contributed by atoms with Crippen LogP contribution in [0, 0.1) is 0 Å². The number of anilines is 1. The first-order valence-electron chi connectivity index (χ1n) is 7.80. The van der Waals surface area contributed by atoms with Crippen LogP contribution in [-0.2, 0) is 14.4 Å². The van der Waals surface area contributed by atoms with E-state index in [2.05, 4.69) is 0 Å². The van der Waals surface area contributed by atoms with Crippen molar-refractivity contribution in [3.63, 3.8) is 0 Å². The summed E-state index contributed by atoms with van der Waals surface area (Å²) in [5, 5.41) is 11.1. The zero-order chi connectivity index (χ0) is 18.3. The second-order valence-electron chi connectivity index (χ2n) is 5.72. The van der Waals surface area contributed by atoms with Gasteiger partial charge in [0.25, 0.3) is 11.8 Å². The summed E-state index contributed by atoms with van der Waals surface area (Å²) in [6.45, 7) is 3.84. The van der Waals surface area contributed by atoms with Crippen LogP contribution in [0.5, 0.6) is 0 Å². The maximum absolute atomic E-state index is 12.9. The number of fused-ring (bicyclic) bond motifs is 1. The van der Waals surface area contributed by atoms with E-state index in [0.29, 0.717) is 12.1 Å². The zero-order valence-corrected chi connectivity index (χ0v) is 15.3. The van der Waals surface area contributed by atoms with Crippen molar-refractivity contribution in [1.29, 1.82) is 0 Å². The second-order valence-corrected chi connectivity index (χ2v) is 7.36. The van der Waals surface area contributed by atoms with Gasteiger partial charge in [0.05, 0.1) is 28.2 Å². The number of rotatable bonds is 4. The molecule has 0 spiro atoms. The highest BCUT2D eigenvalue weighted by Crippen LogP contribution is 2.44. The molecule has 8 heteroatoms. The molecule has 1 atom stereocenters. The summed E-state index contributed by atoms with van der Waals surface area (Å²) in [7, 11) is 0. The van der Waals surface area contributed by atoms with E-state index in [1.165, 1.54) is 6.92 Å². The number of carboxylic acid groups (broad SMARTS) is 1. The van der Waals surface area contributed by atoms with Gasteiger partial charge >= 0.3 is 0 Å². The molecule has 6 nitrogen and oxygen atoms in total. The lowest BCUT2D eigenvalue weighted by atomic mass is 10.1. The van der Waals surface area contributed by atoms with E-state index in [1.807, 2.05) is 19.1 Å². The Bertz CT molecular complexity index is 834. The largest absolute Gasteiger partial charge is 0.548 e. The van der Waals surface area contributed by atoms with E-state index in [0.717, 1.165) is 28.8 Å². The van der Waals surface area contributed by atoms with Gasteiger partial charge in [-0.3, -0.25) is 14.5 Å². The Hall–Kier alpha value is -2.19. The van der Waals surface area contributed by atoms with Crippen molar-refractivity contribution in [3.05, 3.63) is 34.7 Å². The molecular weight excluding hydrogens is 360 g/mol. The third-order valence-corrected chi connectivity index (χ3v) is 5.53. The average molecular weight is 375 g/mol. The van der Waals surface area contributed by atoms with Crippen LogP contribution in [0.3, 0.4) is 0 Å². The summed E-state index contributed by atoms with van der Waals surface area (Å²) < 4.78 is 0.114. The van der Waals surface area contributed by atoms with Gasteiger partial charge in [-0.25, -0.2) is 0 Å². The molecule has 1 aromatic rings. The monoisotopic (exact) mass is 375 g/mol. The molecule has 0 unspecified atom stereocenters. The minimum Gasteiger partial charge on any atom is -0.548 e. The molecular formula is C17H15N2O4S2-. The third kappa shape index (κ3) is 2.75. The molecule has 1 aromatic carbocycles. The molecule has 25 heavy (non-hydrogen) atoms. The Kier molecular flexibility index (Phi) is 4.66. The van der Waals surface area contributed by atoms with Gasteiger partial charge in [-0.05, 0) is 19.4 Å². The molecule has 0 aromatic heterocycles. The number of amides is 2. The lowest BCUT2D eigenvalue weighted by Gasteiger charge is -2.23. The number of hydrogen-bond acceptors (Lipinski definition) is 6. The van der Waals surface area contributed by atoms with Crippen LogP contribution in [0.25, 0.3) is 5.57 Å². The number of aliphatic carboxylic acids is 1. The topological polar surface area (TPSA) is 80.8 Å². The van der Waals surface area contributed by atoms with Crippen molar-refractivity contribution < 1.29 is 19.5 Å². The maximum Gasteiger partial charge on any atom is 0.267 e. The Labute approximate surface area is 154 Å². The van der Waals surface area contributed by atoms with Crippen LogP contribution in [0.15, 0.2) is 29.2 Å². The molecule has 2 aliphatic heterocycles. The number of hydrogen-bond donors (Lipinski definition) is 0. The summed E-state index contributed by atoms with van der Waals surface area (Å²) >= 11 is 6.12. The van der Waals surface area contributed by atoms with Crippen LogP contribution < -0.4 is 10.0 Å². The number of thioether (sulfide) groups is 1. The van der Waals surface area contributed by atoms with Crippen LogP contribution in [0.1, 0.15) is 25.8 Å². The minimum atomic E-state index is -1.40. The Morgan fingerprint density at radius 2 is 1.96 bits per heavy atom. The summed E-state index contributed by atoms with van der Waals surface area (Å²) in [5.74, 6) is -2.22. The Morgan fingerprint density at radius 3 is 2.60 bits per heavy atom. The number of carbonyl (C=O) groups is 3. The van der Waals surface area contributed by atoms with Gasteiger partial charge in [-0.1, -0.05) is 49.1 Å². The number of para-hydroxylation sites is 1. The molecule has 0 aliphatic carbocycles. The highest BCUT2D eigenvalue weighted by Gasteiger charge is 2.43. The quantitative estimate of drug-likeness (QED) is 0.580. The van der Waals surface area contributed by atoms with Gasteiger partial charge < -0.3 is 14.8 Å². The Morgan fingerprint density at radius 1 is 1.28 bits per heavy atom. The lowest BCUT2D eigenvalue weighted by molar-refractivity contribution is -0.309. The van der Waals surface area contributed by atoms with E-state index in [4.69, 9.17) is 12.2 Å². The average Bonchev–Trinajstić information content (AvgIpc) is 3.01. The van der Waals surface area contributed by atoms with Crippen LogP contribution in [0.4, 0.5) is 5.69 Å². The zero-order valence-electron chi connectivity index (χ0n) is 13.6. The standard InChI is InChI=1S/C17H16N2O4S2/c1-3-8-18-11-7-5-4-6-10(11)12(14(18)20)13-15(21)19(17(24)25-13)9(2)16(22)23/h4-7,9H,3,8H2,1-2H3,(H,22,23)/p-1/b13-12+/t9-/m0/s1. The normalized spacial score (nSPS) is 21.1. The molecule has 0 bridgehead atoms. The summed E-state index contributed by atoms with van der Waals surface area (Å²) in [4.78, 5) is 39.6. The molecule has 3 rings (SSSR count). The molecule has 0 saturated carbocycles. The van der Waals surface area contributed by atoms with Gasteiger partial charge in [0, 0.05) is 12.1 Å². The molecule has 2 amide bonds. The van der Waals surface area contributed by atoms with Gasteiger partial charge in [-0.15, -0.1) is 0 Å². The summed E-state index contributed by atoms with van der Waals surface area (Å²) in [6.07, 6.45) is 0.774.